The number of amides is 1. The van der Waals surface area contributed by atoms with Crippen LogP contribution in [0.3, 0.4) is 0 Å². The number of hydrogen-bond acceptors (Lipinski definition) is 4. The van der Waals surface area contributed by atoms with Crippen molar-refractivity contribution in [1.29, 1.82) is 0 Å². The molecule has 0 spiro atoms. The van der Waals surface area contributed by atoms with Gasteiger partial charge in [0, 0.05) is 15.8 Å². The maximum Gasteiger partial charge on any atom is 0.252 e. The molecule has 0 bridgehead atoms. The molecule has 0 fully saturated rings. The summed E-state index contributed by atoms with van der Waals surface area (Å²) in [5, 5.41) is 4.85. The van der Waals surface area contributed by atoms with Crippen LogP contribution in [0.1, 0.15) is 33.8 Å². The van der Waals surface area contributed by atoms with Crippen LogP contribution in [-0.4, -0.2) is 20.1 Å². The van der Waals surface area contributed by atoms with E-state index < -0.39 is 0 Å². The van der Waals surface area contributed by atoms with E-state index in [-0.39, 0.29) is 11.9 Å². The number of benzene rings is 1. The third-order valence-electron chi connectivity index (χ3n) is 3.24. The summed E-state index contributed by atoms with van der Waals surface area (Å²) < 4.78 is 10.6. The van der Waals surface area contributed by atoms with E-state index in [4.69, 9.17) is 9.47 Å². The van der Waals surface area contributed by atoms with Gasteiger partial charge >= 0.3 is 0 Å². The minimum Gasteiger partial charge on any atom is -0.497 e. The van der Waals surface area contributed by atoms with Crippen LogP contribution in [0, 0.1) is 6.92 Å². The van der Waals surface area contributed by atoms with Gasteiger partial charge in [0.1, 0.15) is 11.5 Å². The summed E-state index contributed by atoms with van der Waals surface area (Å²) in [6.07, 6.45) is 0. The molecule has 2 aromatic rings. The molecular formula is C16H19NO3S. The van der Waals surface area contributed by atoms with Gasteiger partial charge in [-0.15, -0.1) is 11.3 Å². The van der Waals surface area contributed by atoms with E-state index in [0.717, 1.165) is 21.9 Å². The number of carbonyl (C=O) groups excluding carboxylic acids is 1. The standard InChI is InChI=1S/C16H19NO3S/c1-10-7-12(9-21-10)16(18)17-11(2)14-8-13(19-3)5-6-15(14)20-4/h5-9,11H,1-4H3,(H,17,18)/t11-/m1/s1. The van der Waals surface area contributed by atoms with Crippen LogP contribution >= 0.6 is 11.3 Å². The minimum atomic E-state index is -0.178. The number of thiophene rings is 1. The first kappa shape index (κ1) is 15.4. The van der Waals surface area contributed by atoms with Gasteiger partial charge in [0.15, 0.2) is 0 Å². The Bertz CT molecular complexity index is 636. The Morgan fingerprint density at radius 1 is 1.24 bits per heavy atom. The lowest BCUT2D eigenvalue weighted by atomic mass is 10.1. The van der Waals surface area contributed by atoms with E-state index in [1.54, 1.807) is 25.6 Å². The molecule has 1 heterocycles. The van der Waals surface area contributed by atoms with Gasteiger partial charge in [0.2, 0.25) is 0 Å². The lowest BCUT2D eigenvalue weighted by Gasteiger charge is -2.18. The SMILES string of the molecule is COc1ccc(OC)c([C@@H](C)NC(=O)c2csc(C)c2)c1. The van der Waals surface area contributed by atoms with Crippen molar-refractivity contribution in [2.45, 2.75) is 19.9 Å². The van der Waals surface area contributed by atoms with Crippen molar-refractivity contribution in [3.8, 4) is 11.5 Å². The molecule has 0 saturated carbocycles. The number of nitrogens with one attached hydrogen (secondary N) is 1. The van der Waals surface area contributed by atoms with Crippen molar-refractivity contribution >= 4 is 17.2 Å². The highest BCUT2D eigenvalue weighted by Crippen LogP contribution is 2.29. The first-order valence-electron chi connectivity index (χ1n) is 6.63. The lowest BCUT2D eigenvalue weighted by Crippen LogP contribution is -2.26. The zero-order valence-corrected chi connectivity index (χ0v) is 13.4. The van der Waals surface area contributed by atoms with Crippen molar-refractivity contribution < 1.29 is 14.3 Å². The molecule has 0 aliphatic rings. The van der Waals surface area contributed by atoms with Crippen molar-refractivity contribution in [3.05, 3.63) is 45.6 Å². The van der Waals surface area contributed by atoms with Gasteiger partial charge in [-0.05, 0) is 38.1 Å². The molecule has 2 rings (SSSR count). The van der Waals surface area contributed by atoms with Crippen LogP contribution < -0.4 is 14.8 Å². The van der Waals surface area contributed by atoms with E-state index in [1.165, 1.54) is 0 Å². The maximum atomic E-state index is 12.2. The number of methoxy groups -OCH3 is 2. The fourth-order valence-electron chi connectivity index (χ4n) is 2.10. The highest BCUT2D eigenvalue weighted by Gasteiger charge is 2.16. The molecule has 112 valence electrons. The average molecular weight is 305 g/mol. The largest absolute Gasteiger partial charge is 0.497 e. The summed E-state index contributed by atoms with van der Waals surface area (Å²) in [6, 6.07) is 7.26. The number of rotatable bonds is 5. The Kier molecular flexibility index (Phi) is 4.85. The van der Waals surface area contributed by atoms with Gasteiger partial charge in [0.25, 0.3) is 5.91 Å². The summed E-state index contributed by atoms with van der Waals surface area (Å²) >= 11 is 1.56. The fourth-order valence-corrected chi connectivity index (χ4v) is 2.78. The molecule has 0 aliphatic carbocycles. The van der Waals surface area contributed by atoms with E-state index >= 15 is 0 Å². The molecule has 4 nitrogen and oxygen atoms in total. The number of hydrogen-bond donors (Lipinski definition) is 1. The Hall–Kier alpha value is -2.01. The molecule has 21 heavy (non-hydrogen) atoms. The van der Waals surface area contributed by atoms with Gasteiger partial charge in [0.05, 0.1) is 25.8 Å². The summed E-state index contributed by atoms with van der Waals surface area (Å²) in [5.74, 6) is 1.38. The van der Waals surface area contributed by atoms with Crippen LogP contribution in [0.4, 0.5) is 0 Å². The van der Waals surface area contributed by atoms with Gasteiger partial charge in [-0.3, -0.25) is 4.79 Å². The molecule has 1 amide bonds. The Morgan fingerprint density at radius 3 is 2.57 bits per heavy atom. The van der Waals surface area contributed by atoms with Crippen LogP contribution in [0.15, 0.2) is 29.6 Å². The Balaban J connectivity index is 2.19. The summed E-state index contributed by atoms with van der Waals surface area (Å²) in [4.78, 5) is 13.3. The fraction of sp³-hybridized carbons (Fsp3) is 0.312. The maximum absolute atomic E-state index is 12.2. The molecule has 0 aliphatic heterocycles. The molecule has 5 heteroatoms. The van der Waals surface area contributed by atoms with Gasteiger partial charge in [-0.25, -0.2) is 0 Å². The molecule has 1 aromatic heterocycles. The predicted molar refractivity (Wildman–Crippen MR) is 84.5 cm³/mol. The van der Waals surface area contributed by atoms with Crippen LogP contribution in [0.25, 0.3) is 0 Å². The summed E-state index contributed by atoms with van der Waals surface area (Å²) in [5.41, 5.74) is 1.57. The summed E-state index contributed by atoms with van der Waals surface area (Å²) in [7, 11) is 3.23. The van der Waals surface area contributed by atoms with Gasteiger partial charge < -0.3 is 14.8 Å². The zero-order valence-electron chi connectivity index (χ0n) is 12.6. The van der Waals surface area contributed by atoms with Gasteiger partial charge in [-0.2, -0.15) is 0 Å². The van der Waals surface area contributed by atoms with E-state index in [9.17, 15) is 4.79 Å². The Morgan fingerprint density at radius 2 is 2.00 bits per heavy atom. The molecule has 1 aromatic carbocycles. The smallest absolute Gasteiger partial charge is 0.252 e. The van der Waals surface area contributed by atoms with E-state index in [0.29, 0.717) is 5.56 Å². The number of aryl methyl sites for hydroxylation is 1. The molecule has 0 unspecified atom stereocenters. The molecule has 1 atom stereocenters. The van der Waals surface area contributed by atoms with Crippen molar-refractivity contribution in [1.82, 2.24) is 5.32 Å². The summed E-state index contributed by atoms with van der Waals surface area (Å²) in [6.45, 7) is 3.91. The van der Waals surface area contributed by atoms with Crippen molar-refractivity contribution in [3.63, 3.8) is 0 Å². The highest BCUT2D eigenvalue weighted by atomic mass is 32.1. The molecule has 0 saturated heterocycles. The second kappa shape index (κ2) is 6.63. The molecule has 0 radical (unpaired) electrons. The predicted octanol–water partition coefficient (Wildman–Crippen LogP) is 3.56. The highest BCUT2D eigenvalue weighted by molar-refractivity contribution is 7.10. The first-order chi connectivity index (χ1) is 10.0. The second-order valence-electron chi connectivity index (χ2n) is 4.75. The normalized spacial score (nSPS) is 11.8. The first-order valence-corrected chi connectivity index (χ1v) is 7.51. The molecular weight excluding hydrogens is 286 g/mol. The number of ether oxygens (including phenoxy) is 2. The average Bonchev–Trinajstić information content (AvgIpc) is 2.93. The third kappa shape index (κ3) is 3.55. The zero-order chi connectivity index (χ0) is 15.4. The molecule has 1 N–H and O–H groups in total. The second-order valence-corrected chi connectivity index (χ2v) is 5.86. The van der Waals surface area contributed by atoms with Gasteiger partial charge in [-0.1, -0.05) is 0 Å². The monoisotopic (exact) mass is 305 g/mol. The van der Waals surface area contributed by atoms with E-state index in [1.807, 2.05) is 43.5 Å². The van der Waals surface area contributed by atoms with Crippen LogP contribution in [-0.2, 0) is 0 Å². The van der Waals surface area contributed by atoms with Crippen LogP contribution in [0.2, 0.25) is 0 Å². The van der Waals surface area contributed by atoms with Crippen molar-refractivity contribution in [2.24, 2.45) is 0 Å². The van der Waals surface area contributed by atoms with E-state index in [2.05, 4.69) is 5.32 Å². The lowest BCUT2D eigenvalue weighted by molar-refractivity contribution is 0.0940. The third-order valence-corrected chi connectivity index (χ3v) is 4.11. The quantitative estimate of drug-likeness (QED) is 0.918. The topological polar surface area (TPSA) is 47.6 Å². The number of carbonyl (C=O) groups is 1. The van der Waals surface area contributed by atoms with Crippen molar-refractivity contribution in [2.75, 3.05) is 14.2 Å². The Labute approximate surface area is 128 Å². The minimum absolute atomic E-state index is 0.0864. The van der Waals surface area contributed by atoms with Crippen LogP contribution in [0.5, 0.6) is 11.5 Å².